The van der Waals surface area contributed by atoms with Gasteiger partial charge >= 0.3 is 0 Å². The summed E-state index contributed by atoms with van der Waals surface area (Å²) in [5.74, 6) is 0.500. The molecule has 3 aromatic carbocycles. The van der Waals surface area contributed by atoms with E-state index in [0.29, 0.717) is 12.2 Å². The molecule has 4 heteroatoms. The maximum absolute atomic E-state index is 12.4. The Labute approximate surface area is 140 Å². The molecule has 0 aliphatic carbocycles. The Balaban J connectivity index is 1.78. The van der Waals surface area contributed by atoms with Gasteiger partial charge in [-0.2, -0.15) is 5.10 Å². The molecular formula is C20H18N2O2. The van der Waals surface area contributed by atoms with E-state index in [1.807, 2.05) is 67.6 Å². The monoisotopic (exact) mass is 318 g/mol. The van der Waals surface area contributed by atoms with Crippen molar-refractivity contribution in [2.24, 2.45) is 5.10 Å². The van der Waals surface area contributed by atoms with Crippen LogP contribution in [0, 0.1) is 0 Å². The number of hydrazone groups is 1. The number of nitrogens with one attached hydrogen (secondary N) is 1. The van der Waals surface area contributed by atoms with Gasteiger partial charge in [0.2, 0.25) is 0 Å². The summed E-state index contributed by atoms with van der Waals surface area (Å²) in [5, 5.41) is 5.99. The van der Waals surface area contributed by atoms with E-state index >= 15 is 0 Å². The zero-order valence-electron chi connectivity index (χ0n) is 13.4. The van der Waals surface area contributed by atoms with Crippen molar-refractivity contribution in [2.75, 3.05) is 6.61 Å². The van der Waals surface area contributed by atoms with E-state index in [-0.39, 0.29) is 5.91 Å². The lowest BCUT2D eigenvalue weighted by atomic mass is 10.0. The number of para-hydroxylation sites is 1. The molecule has 0 aliphatic heterocycles. The van der Waals surface area contributed by atoms with Crippen LogP contribution in [-0.2, 0) is 0 Å². The van der Waals surface area contributed by atoms with Gasteiger partial charge in [-0.25, -0.2) is 5.43 Å². The molecule has 24 heavy (non-hydrogen) atoms. The number of benzene rings is 3. The summed E-state index contributed by atoms with van der Waals surface area (Å²) in [5.41, 5.74) is 4.00. The fraction of sp³-hybridized carbons (Fsp3) is 0.100. The predicted molar refractivity (Wildman–Crippen MR) is 96.6 cm³/mol. The minimum Gasteiger partial charge on any atom is -0.493 e. The van der Waals surface area contributed by atoms with Crippen LogP contribution in [0.25, 0.3) is 10.8 Å². The van der Waals surface area contributed by atoms with Crippen molar-refractivity contribution < 1.29 is 9.53 Å². The molecule has 1 N–H and O–H groups in total. The van der Waals surface area contributed by atoms with Crippen LogP contribution in [0.5, 0.6) is 5.75 Å². The normalized spacial score (nSPS) is 10.9. The SMILES string of the molecule is CCOc1ccccc1C=NNC(=O)c1cccc2ccccc12. The highest BCUT2D eigenvalue weighted by molar-refractivity contribution is 6.07. The molecule has 0 unspecified atom stereocenters. The maximum atomic E-state index is 12.4. The fourth-order valence-corrected chi connectivity index (χ4v) is 2.52. The molecule has 3 rings (SSSR count). The lowest BCUT2D eigenvalue weighted by Gasteiger charge is -2.06. The van der Waals surface area contributed by atoms with Crippen molar-refractivity contribution in [2.45, 2.75) is 6.92 Å². The maximum Gasteiger partial charge on any atom is 0.271 e. The van der Waals surface area contributed by atoms with Crippen molar-refractivity contribution in [3.05, 3.63) is 77.9 Å². The standard InChI is InChI=1S/C20H18N2O2/c1-2-24-19-13-6-4-9-16(19)14-21-22-20(23)18-12-7-10-15-8-3-5-11-17(15)18/h3-14H,2H2,1H3,(H,22,23). The summed E-state index contributed by atoms with van der Waals surface area (Å²) >= 11 is 0. The van der Waals surface area contributed by atoms with Gasteiger partial charge in [0, 0.05) is 11.1 Å². The number of carbonyl (C=O) groups excluding carboxylic acids is 1. The summed E-state index contributed by atoms with van der Waals surface area (Å²) in [6, 6.07) is 21.0. The van der Waals surface area contributed by atoms with Crippen LogP contribution in [0.2, 0.25) is 0 Å². The Morgan fingerprint density at radius 1 is 1.04 bits per heavy atom. The molecule has 0 spiro atoms. The van der Waals surface area contributed by atoms with Gasteiger partial charge in [0.05, 0.1) is 12.8 Å². The smallest absolute Gasteiger partial charge is 0.271 e. The Kier molecular flexibility index (Phi) is 4.87. The number of hydrogen-bond donors (Lipinski definition) is 1. The topological polar surface area (TPSA) is 50.7 Å². The first-order valence-corrected chi connectivity index (χ1v) is 7.82. The van der Waals surface area contributed by atoms with E-state index in [4.69, 9.17) is 4.74 Å². The zero-order valence-corrected chi connectivity index (χ0v) is 13.4. The highest BCUT2D eigenvalue weighted by Gasteiger charge is 2.08. The molecule has 0 saturated heterocycles. The summed E-state index contributed by atoms with van der Waals surface area (Å²) < 4.78 is 5.53. The van der Waals surface area contributed by atoms with Crippen LogP contribution < -0.4 is 10.2 Å². The van der Waals surface area contributed by atoms with Gasteiger partial charge < -0.3 is 4.74 Å². The second-order valence-corrected chi connectivity index (χ2v) is 5.20. The van der Waals surface area contributed by atoms with E-state index in [2.05, 4.69) is 10.5 Å². The summed E-state index contributed by atoms with van der Waals surface area (Å²) in [7, 11) is 0. The molecule has 4 nitrogen and oxygen atoms in total. The average molecular weight is 318 g/mol. The van der Waals surface area contributed by atoms with Crippen molar-refractivity contribution in [3.63, 3.8) is 0 Å². The number of nitrogens with zero attached hydrogens (tertiary/aromatic N) is 1. The summed E-state index contributed by atoms with van der Waals surface area (Å²) in [6.07, 6.45) is 1.59. The Morgan fingerprint density at radius 3 is 2.67 bits per heavy atom. The van der Waals surface area contributed by atoms with E-state index in [0.717, 1.165) is 22.1 Å². The zero-order chi connectivity index (χ0) is 16.8. The average Bonchev–Trinajstić information content (AvgIpc) is 2.63. The lowest BCUT2D eigenvalue weighted by molar-refractivity contribution is 0.0957. The molecule has 3 aromatic rings. The molecule has 1 amide bonds. The molecule has 0 radical (unpaired) electrons. The molecule has 0 heterocycles. The first-order chi connectivity index (χ1) is 11.8. The largest absolute Gasteiger partial charge is 0.493 e. The van der Waals surface area contributed by atoms with Crippen LogP contribution in [0.3, 0.4) is 0 Å². The number of rotatable bonds is 5. The third kappa shape index (κ3) is 3.43. The number of fused-ring (bicyclic) bond motifs is 1. The summed E-state index contributed by atoms with van der Waals surface area (Å²) in [4.78, 5) is 12.4. The number of ether oxygens (including phenoxy) is 1. The van der Waals surface area contributed by atoms with Gasteiger partial charge in [-0.1, -0.05) is 48.5 Å². The molecular weight excluding hydrogens is 300 g/mol. The van der Waals surface area contributed by atoms with Gasteiger partial charge in [0.1, 0.15) is 5.75 Å². The van der Waals surface area contributed by atoms with Crippen molar-refractivity contribution in [3.8, 4) is 5.75 Å². The third-order valence-corrected chi connectivity index (χ3v) is 3.62. The molecule has 0 saturated carbocycles. The molecule has 0 aliphatic rings. The fourth-order valence-electron chi connectivity index (χ4n) is 2.52. The van der Waals surface area contributed by atoms with Gasteiger partial charge in [-0.3, -0.25) is 4.79 Å². The van der Waals surface area contributed by atoms with E-state index < -0.39 is 0 Å². The van der Waals surface area contributed by atoms with Gasteiger partial charge in [0.25, 0.3) is 5.91 Å². The number of carbonyl (C=O) groups is 1. The van der Waals surface area contributed by atoms with Crippen LogP contribution in [0.4, 0.5) is 0 Å². The minimum atomic E-state index is -0.239. The van der Waals surface area contributed by atoms with Crippen LogP contribution in [0.1, 0.15) is 22.8 Å². The van der Waals surface area contributed by atoms with Gasteiger partial charge in [-0.05, 0) is 35.9 Å². The van der Waals surface area contributed by atoms with Gasteiger partial charge in [-0.15, -0.1) is 0 Å². The molecule has 0 bridgehead atoms. The minimum absolute atomic E-state index is 0.239. The molecule has 0 fully saturated rings. The van der Waals surface area contributed by atoms with Crippen molar-refractivity contribution in [1.82, 2.24) is 5.43 Å². The Bertz CT molecular complexity index is 882. The Morgan fingerprint density at radius 2 is 1.79 bits per heavy atom. The van der Waals surface area contributed by atoms with E-state index in [1.165, 1.54) is 0 Å². The molecule has 0 aromatic heterocycles. The third-order valence-electron chi connectivity index (χ3n) is 3.62. The highest BCUT2D eigenvalue weighted by atomic mass is 16.5. The molecule has 0 atom stereocenters. The Hall–Kier alpha value is -3.14. The van der Waals surface area contributed by atoms with Crippen molar-refractivity contribution in [1.29, 1.82) is 0 Å². The first-order valence-electron chi connectivity index (χ1n) is 7.82. The number of amides is 1. The molecule has 120 valence electrons. The lowest BCUT2D eigenvalue weighted by Crippen LogP contribution is -2.18. The van der Waals surface area contributed by atoms with E-state index in [9.17, 15) is 4.79 Å². The first kappa shape index (κ1) is 15.7. The second-order valence-electron chi connectivity index (χ2n) is 5.20. The second kappa shape index (κ2) is 7.42. The highest BCUT2D eigenvalue weighted by Crippen LogP contribution is 2.18. The predicted octanol–water partition coefficient (Wildman–Crippen LogP) is 4.00. The summed E-state index contributed by atoms with van der Waals surface area (Å²) in [6.45, 7) is 2.50. The number of hydrogen-bond acceptors (Lipinski definition) is 3. The van der Waals surface area contributed by atoms with Crippen LogP contribution >= 0.6 is 0 Å². The van der Waals surface area contributed by atoms with Crippen molar-refractivity contribution >= 4 is 22.9 Å². The quantitative estimate of drug-likeness (QED) is 0.571. The van der Waals surface area contributed by atoms with Crippen LogP contribution in [0.15, 0.2) is 71.8 Å². The van der Waals surface area contributed by atoms with Gasteiger partial charge in [0.15, 0.2) is 0 Å². The van der Waals surface area contributed by atoms with Crippen LogP contribution in [-0.4, -0.2) is 18.7 Å². The van der Waals surface area contributed by atoms with E-state index in [1.54, 1.807) is 12.3 Å².